The van der Waals surface area contributed by atoms with Gasteiger partial charge in [-0.25, -0.2) is 0 Å². The lowest BCUT2D eigenvalue weighted by Gasteiger charge is -1.68. The molecule has 0 rings (SSSR count). The van der Waals surface area contributed by atoms with Crippen LogP contribution in [0.15, 0.2) is 0 Å². The molecule has 0 aliphatic rings. The fourth-order valence-corrected chi connectivity index (χ4v) is 0. The summed E-state index contributed by atoms with van der Waals surface area (Å²) < 4.78 is 0. The summed E-state index contributed by atoms with van der Waals surface area (Å²) in [6.07, 6.45) is 0. The van der Waals surface area contributed by atoms with Crippen LogP contribution in [0.4, 0.5) is 0 Å². The normalized spacial score (nSPS) is 6.00. The van der Waals surface area contributed by atoms with E-state index < -0.39 is 0 Å². The van der Waals surface area contributed by atoms with Gasteiger partial charge < -0.3 is 68.8 Å². The van der Waals surface area contributed by atoms with E-state index in [2.05, 4.69) is 142 Å². The van der Waals surface area contributed by atoms with Crippen molar-refractivity contribution in [1.29, 1.82) is 0 Å². The van der Waals surface area contributed by atoms with Crippen molar-refractivity contribution in [2.24, 2.45) is 68.8 Å². The van der Waals surface area contributed by atoms with Gasteiger partial charge >= 0.3 is 0 Å². The average molecular weight is 457 g/mol. The summed E-state index contributed by atoms with van der Waals surface area (Å²) in [6.45, 7) is 0. The summed E-state index contributed by atoms with van der Waals surface area (Å²) >= 11 is 24.6. The minimum absolute atomic E-state index is 0.000000000000000222. The van der Waals surface area contributed by atoms with E-state index in [1.54, 1.807) is 0 Å². The number of nitrogens with two attached hydrogens (primary N) is 12. The van der Waals surface area contributed by atoms with Crippen LogP contribution in [0, 0.1) is 0 Å². The van der Waals surface area contributed by atoms with Gasteiger partial charge in [0.2, 0.25) is 0 Å². The molecule has 0 aromatic rings. The van der Waals surface area contributed by atoms with E-state index in [0.717, 1.165) is 0 Å². The summed E-state index contributed by atoms with van der Waals surface area (Å²) in [5.41, 5.74) is 55.4. The van der Waals surface area contributed by atoms with Crippen molar-refractivity contribution in [3.05, 3.63) is 0 Å². The van der Waals surface area contributed by atoms with E-state index in [1.165, 1.54) is 0 Å². The summed E-state index contributed by atoms with van der Waals surface area (Å²) in [4.78, 5) is 0. The lowest BCUT2D eigenvalue weighted by Crippen LogP contribution is -2.18. The maximum Gasteiger partial charge on any atom is 0.160 e. The van der Waals surface area contributed by atoms with Gasteiger partial charge in [-0.05, 0) is 73.3 Å². The number of hydrogen-bond acceptors (Lipinski definition) is 6. The molecule has 0 radical (unpaired) electrons. The van der Waals surface area contributed by atoms with E-state index in [9.17, 15) is 0 Å². The number of rotatable bonds is 0. The van der Waals surface area contributed by atoms with Gasteiger partial charge in [0, 0.05) is 0 Å². The molecule has 0 atom stereocenters. The van der Waals surface area contributed by atoms with Gasteiger partial charge in [-0.15, -0.1) is 0 Å². The molecule has 12 nitrogen and oxygen atoms in total. The van der Waals surface area contributed by atoms with Gasteiger partial charge in [0.1, 0.15) is 0 Å². The topological polar surface area (TPSA) is 312 Å². The molecule has 0 amide bonds. The molecule has 144 valence electrons. The molecule has 0 saturated carbocycles. The van der Waals surface area contributed by atoms with Crippen LogP contribution in [-0.2, 0) is 0 Å². The summed E-state index contributed by atoms with van der Waals surface area (Å²) in [5.74, 6) is 0. The van der Waals surface area contributed by atoms with Crippen LogP contribution in [0.5, 0.6) is 0 Å². The van der Waals surface area contributed by atoms with Crippen LogP contribution in [0.1, 0.15) is 0 Å². The van der Waals surface area contributed by atoms with E-state index in [4.69, 9.17) is 0 Å². The summed E-state index contributed by atoms with van der Waals surface area (Å²) in [5, 5.41) is 0.00000000000000133. The van der Waals surface area contributed by atoms with Crippen molar-refractivity contribution in [2.45, 2.75) is 0 Å². The van der Waals surface area contributed by atoms with E-state index in [-0.39, 0.29) is 30.7 Å². The zero-order valence-corrected chi connectivity index (χ0v) is 17.3. The fourth-order valence-electron chi connectivity index (χ4n) is 0. The molecule has 0 fully saturated rings. The van der Waals surface area contributed by atoms with Crippen molar-refractivity contribution >= 4 is 104 Å². The third kappa shape index (κ3) is 2130. The summed E-state index contributed by atoms with van der Waals surface area (Å²) in [6, 6.07) is 0. The highest BCUT2D eigenvalue weighted by atomic mass is 32.1. The Morgan fingerprint density at radius 1 is 0.250 bits per heavy atom. The first kappa shape index (κ1) is 38.0. The molecule has 0 spiro atoms. The molecule has 0 aromatic heterocycles. The second-order valence-electron chi connectivity index (χ2n) is 2.41. The smallest absolute Gasteiger partial charge is 0.160 e. The molecule has 0 aromatic carbocycles. The van der Waals surface area contributed by atoms with Crippen molar-refractivity contribution in [3.63, 3.8) is 0 Å². The largest absolute Gasteiger partial charge is 0.377 e. The molecular formula is C6H24N12S6. The molecule has 0 bridgehead atoms. The predicted octanol–water partition coefficient (Wildman–Crippen LogP) is -4.87. The van der Waals surface area contributed by atoms with Crippen molar-refractivity contribution in [2.75, 3.05) is 0 Å². The molecule has 24 N–H and O–H groups in total. The highest BCUT2D eigenvalue weighted by Crippen LogP contribution is 1.34. The summed E-state index contributed by atoms with van der Waals surface area (Å²) in [7, 11) is 0. The Labute approximate surface area is 172 Å². The Morgan fingerprint density at radius 3 is 0.250 bits per heavy atom. The minimum Gasteiger partial charge on any atom is -0.377 e. The first-order valence-corrected chi connectivity index (χ1v) is 7.14. The Balaban J connectivity index is -0.0000000405. The van der Waals surface area contributed by atoms with Gasteiger partial charge in [0.15, 0.2) is 30.7 Å². The van der Waals surface area contributed by atoms with Crippen LogP contribution in [0.2, 0.25) is 0 Å². The van der Waals surface area contributed by atoms with Crippen LogP contribution >= 0.6 is 73.3 Å². The third-order valence-electron chi connectivity index (χ3n) is 0. The van der Waals surface area contributed by atoms with Gasteiger partial charge in [-0.1, -0.05) is 0 Å². The quantitative estimate of drug-likeness (QED) is 0.152. The lowest BCUT2D eigenvalue weighted by atomic mass is 11.3. The molecule has 18 heteroatoms. The molecular weight excluding hydrogens is 433 g/mol. The zero-order valence-electron chi connectivity index (χ0n) is 12.4. The average Bonchev–Trinajstić information content (AvgIpc) is 2.08. The Morgan fingerprint density at radius 2 is 0.250 bits per heavy atom. The molecule has 0 aliphatic carbocycles. The molecule has 0 aliphatic heterocycles. The van der Waals surface area contributed by atoms with Gasteiger partial charge in [0.05, 0.1) is 0 Å². The van der Waals surface area contributed by atoms with Crippen LogP contribution < -0.4 is 68.8 Å². The fraction of sp³-hybridized carbons (Fsp3) is 0. The Hall–Kier alpha value is -1.86. The molecule has 0 heterocycles. The minimum atomic E-state index is 0.000000000000000222. The first-order chi connectivity index (χ1) is 10.4. The second kappa shape index (κ2) is 32.9. The predicted molar refractivity (Wildman–Crippen MR) is 126 cm³/mol. The van der Waals surface area contributed by atoms with Crippen LogP contribution in [0.25, 0.3) is 0 Å². The van der Waals surface area contributed by atoms with Gasteiger partial charge in [-0.3, -0.25) is 0 Å². The van der Waals surface area contributed by atoms with Crippen molar-refractivity contribution < 1.29 is 0 Å². The Bertz CT molecular complexity index is 267. The zero-order chi connectivity index (χ0) is 21.5. The maximum atomic E-state index is 4.62. The second-order valence-corrected chi connectivity index (χ2v) is 5.24. The van der Waals surface area contributed by atoms with Gasteiger partial charge in [-0.2, -0.15) is 0 Å². The third-order valence-corrected chi connectivity index (χ3v) is 0. The van der Waals surface area contributed by atoms with E-state index >= 15 is 0 Å². The number of thiocarbonyl (C=S) groups is 6. The SMILES string of the molecule is NC(N)=S.NC(N)=S.NC(N)=S.NC(N)=S.NC(N)=S.NC(N)=S. The maximum absolute atomic E-state index is 4.62. The van der Waals surface area contributed by atoms with E-state index in [0.29, 0.717) is 0 Å². The highest BCUT2D eigenvalue weighted by molar-refractivity contribution is 7.81. The first-order valence-electron chi connectivity index (χ1n) is 4.69. The van der Waals surface area contributed by atoms with Crippen molar-refractivity contribution in [3.8, 4) is 0 Å². The van der Waals surface area contributed by atoms with Crippen LogP contribution in [0.3, 0.4) is 0 Å². The molecule has 0 saturated heterocycles. The number of hydrogen-bond donors (Lipinski definition) is 12. The Kier molecular flexibility index (Phi) is 52.1. The van der Waals surface area contributed by atoms with Gasteiger partial charge in [0.25, 0.3) is 0 Å². The lowest BCUT2D eigenvalue weighted by molar-refractivity contribution is 1.65. The van der Waals surface area contributed by atoms with Crippen LogP contribution in [-0.4, -0.2) is 30.7 Å². The molecule has 24 heavy (non-hydrogen) atoms. The highest BCUT2D eigenvalue weighted by Gasteiger charge is 1.55. The molecule has 0 unspecified atom stereocenters. The van der Waals surface area contributed by atoms with Crippen molar-refractivity contribution in [1.82, 2.24) is 0 Å². The standard InChI is InChI=1S/6CH4N2S/c6*2-1(3)4/h6*(H4,2,3,4). The van der Waals surface area contributed by atoms with E-state index in [1.807, 2.05) is 0 Å². The monoisotopic (exact) mass is 456 g/mol.